The highest BCUT2D eigenvalue weighted by Crippen LogP contribution is 2.44. The van der Waals surface area contributed by atoms with Crippen LogP contribution in [0.25, 0.3) is 27.6 Å². The number of fused-ring (bicyclic) bond motifs is 2. The van der Waals surface area contributed by atoms with Gasteiger partial charge in [-0.1, -0.05) is 48.6 Å². The van der Waals surface area contributed by atoms with Gasteiger partial charge in [0.2, 0.25) is 0 Å². The van der Waals surface area contributed by atoms with Gasteiger partial charge in [0.05, 0.1) is 5.69 Å². The normalized spacial score (nSPS) is 14.6. The zero-order valence-corrected chi connectivity index (χ0v) is 14.6. The van der Waals surface area contributed by atoms with Gasteiger partial charge < -0.3 is 5.43 Å². The molecule has 0 atom stereocenters. The van der Waals surface area contributed by atoms with E-state index in [2.05, 4.69) is 73.3 Å². The van der Waals surface area contributed by atoms with Crippen molar-refractivity contribution >= 4 is 38.6 Å². The fourth-order valence-corrected chi connectivity index (χ4v) is 4.84. The predicted octanol–water partition coefficient (Wildman–Crippen LogP) is 3.66. The van der Waals surface area contributed by atoms with Gasteiger partial charge in [-0.25, -0.2) is 20.8 Å². The molecular formula is C19H16N6S. The summed E-state index contributed by atoms with van der Waals surface area (Å²) in [5.41, 5.74) is 5.11. The summed E-state index contributed by atoms with van der Waals surface area (Å²) in [5, 5.41) is 7.64. The largest absolute Gasteiger partial charge is 0.306 e. The lowest BCUT2D eigenvalue weighted by Gasteiger charge is -2.15. The van der Waals surface area contributed by atoms with Crippen LogP contribution in [-0.2, 0) is 0 Å². The van der Waals surface area contributed by atoms with E-state index < -0.39 is 10.9 Å². The molecule has 6 nitrogen and oxygen atoms in total. The number of rotatable bonds is 3. The minimum atomic E-state index is -0.650. The monoisotopic (exact) mass is 360 g/mol. The van der Waals surface area contributed by atoms with Crippen molar-refractivity contribution in [2.45, 2.75) is 5.16 Å². The number of allylic oxidation sites excluding steroid dienone is 2. The highest BCUT2D eigenvalue weighted by molar-refractivity contribution is 8.22. The van der Waals surface area contributed by atoms with Crippen LogP contribution in [0, 0.1) is 0 Å². The van der Waals surface area contributed by atoms with Crippen LogP contribution in [-0.4, -0.2) is 19.5 Å². The average molecular weight is 360 g/mol. The lowest BCUT2D eigenvalue weighted by Crippen LogP contribution is -2.09. The first kappa shape index (κ1) is 15.1. The fraction of sp³-hybridized carbons (Fsp3) is 0. The Morgan fingerprint density at radius 3 is 2.62 bits per heavy atom. The minimum absolute atomic E-state index is 0.525. The van der Waals surface area contributed by atoms with Gasteiger partial charge in [-0.05, 0) is 22.3 Å². The topological polar surface area (TPSA) is 81.7 Å². The van der Waals surface area contributed by atoms with Crippen molar-refractivity contribution in [1.29, 1.82) is 0 Å². The number of nitrogens with two attached hydrogens (primary N) is 1. The van der Waals surface area contributed by atoms with Crippen LogP contribution in [0.15, 0.2) is 76.9 Å². The van der Waals surface area contributed by atoms with Gasteiger partial charge in [-0.3, -0.25) is 4.57 Å². The highest BCUT2D eigenvalue weighted by atomic mass is 32.2. The van der Waals surface area contributed by atoms with Crippen LogP contribution in [0.3, 0.4) is 0 Å². The van der Waals surface area contributed by atoms with Gasteiger partial charge in [0, 0.05) is 5.39 Å². The molecule has 0 saturated carbocycles. The Morgan fingerprint density at radius 1 is 0.962 bits per heavy atom. The predicted molar refractivity (Wildman–Crippen MR) is 108 cm³/mol. The third kappa shape index (κ3) is 2.22. The first-order chi connectivity index (χ1) is 12.9. The Bertz CT molecular complexity index is 1180. The quantitative estimate of drug-likeness (QED) is 0.295. The van der Waals surface area contributed by atoms with E-state index >= 15 is 0 Å². The van der Waals surface area contributed by atoms with Crippen molar-refractivity contribution in [1.82, 2.24) is 19.5 Å². The molecular weight excluding hydrogens is 344 g/mol. The number of anilines is 1. The van der Waals surface area contributed by atoms with Gasteiger partial charge in [0.1, 0.15) is 6.33 Å². The number of hydrogen-bond donors (Lipinski definition) is 3. The van der Waals surface area contributed by atoms with E-state index in [9.17, 15) is 0 Å². The zero-order chi connectivity index (χ0) is 17.5. The van der Waals surface area contributed by atoms with Gasteiger partial charge in [-0.15, -0.1) is 0 Å². The van der Waals surface area contributed by atoms with Crippen LogP contribution >= 0.6 is 10.9 Å². The standard InChI is InChI=1S/C19H16N6S/c20-24-17-16-18(22-12-21-17)25(19(23-16)26-10-3-4-11-26)15-9-5-7-13-6-1-2-8-14(13)15/h1-12,26H,20H2,(H,21,22,24). The third-order valence-electron chi connectivity index (χ3n) is 4.41. The van der Waals surface area contributed by atoms with Crippen molar-refractivity contribution in [3.05, 3.63) is 71.8 Å². The highest BCUT2D eigenvalue weighted by Gasteiger charge is 2.21. The van der Waals surface area contributed by atoms with Crippen molar-refractivity contribution in [3.63, 3.8) is 0 Å². The SMILES string of the molecule is NNc1ncnc2c1nc([SH]1C=CC=C1)n2-c1cccc2ccccc12. The molecule has 4 aromatic rings. The van der Waals surface area contributed by atoms with Gasteiger partial charge in [0.15, 0.2) is 22.1 Å². The van der Waals surface area contributed by atoms with Crippen LogP contribution < -0.4 is 11.3 Å². The maximum absolute atomic E-state index is 5.65. The van der Waals surface area contributed by atoms with Crippen molar-refractivity contribution < 1.29 is 0 Å². The van der Waals surface area contributed by atoms with Crippen LogP contribution in [0.1, 0.15) is 0 Å². The van der Waals surface area contributed by atoms with E-state index in [1.807, 2.05) is 12.1 Å². The third-order valence-corrected chi connectivity index (χ3v) is 6.15. The van der Waals surface area contributed by atoms with E-state index in [1.165, 1.54) is 11.7 Å². The fourth-order valence-electron chi connectivity index (χ4n) is 3.25. The van der Waals surface area contributed by atoms with E-state index in [1.54, 1.807) is 0 Å². The molecule has 0 radical (unpaired) electrons. The number of thiol groups is 1. The molecule has 1 aliphatic heterocycles. The number of imidazole rings is 1. The molecule has 3 N–H and O–H groups in total. The molecule has 2 aromatic heterocycles. The van der Waals surface area contributed by atoms with E-state index in [-0.39, 0.29) is 0 Å². The second-order valence-electron chi connectivity index (χ2n) is 5.87. The Kier molecular flexibility index (Phi) is 3.48. The Labute approximate surface area is 152 Å². The molecule has 2 aromatic carbocycles. The lowest BCUT2D eigenvalue weighted by atomic mass is 10.1. The number of nitrogen functional groups attached to an aromatic ring is 1. The Morgan fingerprint density at radius 2 is 1.77 bits per heavy atom. The summed E-state index contributed by atoms with van der Waals surface area (Å²) < 4.78 is 2.13. The Hall–Kier alpha value is -3.16. The molecule has 0 unspecified atom stereocenters. The molecule has 7 heteroatoms. The summed E-state index contributed by atoms with van der Waals surface area (Å²) in [6, 6.07) is 14.6. The first-order valence-corrected chi connectivity index (χ1v) is 9.66. The summed E-state index contributed by atoms with van der Waals surface area (Å²) in [6.07, 6.45) is 5.64. The summed E-state index contributed by atoms with van der Waals surface area (Å²) >= 11 is 0. The number of nitrogens with zero attached hydrogens (tertiary/aromatic N) is 4. The molecule has 1 aliphatic rings. The molecule has 0 amide bonds. The number of benzene rings is 2. The molecule has 0 spiro atoms. The second-order valence-corrected chi connectivity index (χ2v) is 7.69. The molecule has 0 saturated heterocycles. The molecule has 128 valence electrons. The second kappa shape index (κ2) is 5.98. The summed E-state index contributed by atoms with van der Waals surface area (Å²) in [6.45, 7) is 0. The smallest absolute Gasteiger partial charge is 0.171 e. The molecule has 0 aliphatic carbocycles. The van der Waals surface area contributed by atoms with Gasteiger partial charge in [-0.2, -0.15) is 10.9 Å². The van der Waals surface area contributed by atoms with Crippen molar-refractivity contribution in [3.8, 4) is 5.69 Å². The molecule has 26 heavy (non-hydrogen) atoms. The summed E-state index contributed by atoms with van der Waals surface area (Å²) in [7, 11) is -0.650. The molecule has 0 fully saturated rings. The van der Waals surface area contributed by atoms with Crippen molar-refractivity contribution in [2.24, 2.45) is 5.84 Å². The van der Waals surface area contributed by atoms with Crippen LogP contribution in [0.2, 0.25) is 0 Å². The molecule has 5 rings (SSSR count). The van der Waals surface area contributed by atoms with Crippen LogP contribution in [0.4, 0.5) is 5.82 Å². The van der Waals surface area contributed by atoms with E-state index in [4.69, 9.17) is 10.8 Å². The maximum atomic E-state index is 5.65. The molecule has 3 heterocycles. The number of nitrogens with one attached hydrogen (secondary N) is 1. The Balaban J connectivity index is 1.90. The summed E-state index contributed by atoms with van der Waals surface area (Å²) in [5.74, 6) is 6.17. The zero-order valence-electron chi connectivity index (χ0n) is 13.7. The molecule has 0 bridgehead atoms. The number of hydrogen-bond acceptors (Lipinski definition) is 5. The first-order valence-electron chi connectivity index (χ1n) is 8.18. The van der Waals surface area contributed by atoms with Gasteiger partial charge in [0.25, 0.3) is 0 Å². The summed E-state index contributed by atoms with van der Waals surface area (Å²) in [4.78, 5) is 13.6. The maximum Gasteiger partial charge on any atom is 0.171 e. The van der Waals surface area contributed by atoms with Crippen molar-refractivity contribution in [2.75, 3.05) is 5.43 Å². The van der Waals surface area contributed by atoms with E-state index in [0.29, 0.717) is 11.3 Å². The minimum Gasteiger partial charge on any atom is -0.306 e. The van der Waals surface area contributed by atoms with E-state index in [0.717, 1.165) is 21.9 Å². The number of aromatic nitrogens is 4. The van der Waals surface area contributed by atoms with Gasteiger partial charge >= 0.3 is 0 Å². The average Bonchev–Trinajstić information content (AvgIpc) is 3.34. The lowest BCUT2D eigenvalue weighted by molar-refractivity contribution is 0.916. The number of hydrazine groups is 1. The van der Waals surface area contributed by atoms with Crippen LogP contribution in [0.5, 0.6) is 0 Å².